The third kappa shape index (κ3) is 14.3. The third-order valence-corrected chi connectivity index (χ3v) is 5.81. The van der Waals surface area contributed by atoms with Gasteiger partial charge in [0.2, 0.25) is 0 Å². The summed E-state index contributed by atoms with van der Waals surface area (Å²) in [5.41, 5.74) is 5.03. The summed E-state index contributed by atoms with van der Waals surface area (Å²) in [7, 11) is -9.83. The van der Waals surface area contributed by atoms with E-state index < -0.39 is 15.6 Å². The zero-order valence-electron chi connectivity index (χ0n) is 15.6. The smallest absolute Gasteiger partial charge is 0.302 e. The van der Waals surface area contributed by atoms with Crippen molar-refractivity contribution >= 4 is 15.6 Å². The number of hydrogen-bond acceptors (Lipinski definition) is 4. The van der Waals surface area contributed by atoms with Gasteiger partial charge in [0.15, 0.2) is 0 Å². The van der Waals surface area contributed by atoms with Crippen LogP contribution in [0.1, 0.15) is 60.3 Å². The first-order valence-corrected chi connectivity index (χ1v) is 11.0. The Morgan fingerprint density at radius 3 is 1.96 bits per heavy atom. The van der Waals surface area contributed by atoms with E-state index in [-0.39, 0.29) is 6.61 Å². The molecule has 0 amide bonds. The van der Waals surface area contributed by atoms with E-state index in [0.717, 1.165) is 31.3 Å². The van der Waals surface area contributed by atoms with Crippen LogP contribution in [-0.4, -0.2) is 21.3 Å². The largest absolute Gasteiger partial charge is 0.481 e. The van der Waals surface area contributed by atoms with Crippen molar-refractivity contribution in [3.63, 3.8) is 0 Å². The van der Waals surface area contributed by atoms with Crippen molar-refractivity contribution in [3.05, 3.63) is 34.4 Å². The molecule has 9 heteroatoms. The molecule has 0 aliphatic carbocycles. The summed E-state index contributed by atoms with van der Waals surface area (Å²) in [6.07, 6.45) is 7.44. The summed E-state index contributed by atoms with van der Waals surface area (Å²) in [5.74, 6) is 0. The van der Waals surface area contributed by atoms with Gasteiger partial charge in [0.25, 0.3) is 0 Å². The molecule has 0 fully saturated rings. The maximum absolute atomic E-state index is 11.3. The van der Waals surface area contributed by atoms with Gasteiger partial charge in [0, 0.05) is 0 Å². The fourth-order valence-corrected chi connectivity index (χ4v) is 3.34. The topological polar surface area (TPSA) is 113 Å². The number of hydrogen-bond donors (Lipinski definition) is 3. The number of rotatable bonds is 11. The zero-order valence-corrected chi connectivity index (χ0v) is 17.3. The highest BCUT2D eigenvalue weighted by Crippen LogP contribution is 2.57. The molecular formula is C16H30O7P2. The Morgan fingerprint density at radius 1 is 0.880 bits per heavy atom. The van der Waals surface area contributed by atoms with Crippen molar-refractivity contribution in [2.75, 3.05) is 6.61 Å². The van der Waals surface area contributed by atoms with Crippen molar-refractivity contribution in [2.24, 2.45) is 0 Å². The van der Waals surface area contributed by atoms with E-state index >= 15 is 0 Å². The number of allylic oxidation sites excluding steroid dienone is 5. The second kappa shape index (κ2) is 11.2. The average molecular weight is 396 g/mol. The van der Waals surface area contributed by atoms with Crippen molar-refractivity contribution < 1.29 is 32.6 Å². The lowest BCUT2D eigenvalue weighted by Gasteiger charge is -2.11. The van der Waals surface area contributed by atoms with Crippen molar-refractivity contribution in [1.82, 2.24) is 0 Å². The highest BCUT2D eigenvalue weighted by Gasteiger charge is 2.31. The third-order valence-electron chi connectivity index (χ3n) is 3.66. The Balaban J connectivity index is 4.25. The van der Waals surface area contributed by atoms with Crippen molar-refractivity contribution in [1.29, 1.82) is 0 Å². The highest BCUT2D eigenvalue weighted by molar-refractivity contribution is 7.60. The lowest BCUT2D eigenvalue weighted by atomic mass is 10.0. The first kappa shape index (κ1) is 24.5. The Hall–Kier alpha value is -0.520. The first-order chi connectivity index (χ1) is 11.3. The van der Waals surface area contributed by atoms with Crippen LogP contribution in [0, 0.1) is 0 Å². The van der Waals surface area contributed by atoms with E-state index in [1.165, 1.54) is 16.7 Å². The molecule has 0 saturated carbocycles. The van der Waals surface area contributed by atoms with Crippen molar-refractivity contribution in [3.8, 4) is 0 Å². The molecule has 0 spiro atoms. The van der Waals surface area contributed by atoms with Gasteiger partial charge in [-0.05, 0) is 60.3 Å². The minimum absolute atomic E-state index is 0.262. The van der Waals surface area contributed by atoms with Gasteiger partial charge in [-0.1, -0.05) is 34.4 Å². The van der Waals surface area contributed by atoms with E-state index in [2.05, 4.69) is 42.6 Å². The molecule has 146 valence electrons. The summed E-state index contributed by atoms with van der Waals surface area (Å²) >= 11 is 0. The molecule has 7 nitrogen and oxygen atoms in total. The van der Waals surface area contributed by atoms with E-state index in [1.807, 2.05) is 6.92 Å². The van der Waals surface area contributed by atoms with Gasteiger partial charge in [0.05, 0.1) is 6.61 Å². The molecule has 0 rings (SSSR count). The lowest BCUT2D eigenvalue weighted by Crippen LogP contribution is -1.94. The van der Waals surface area contributed by atoms with E-state index in [4.69, 9.17) is 14.7 Å². The Bertz CT molecular complexity index is 610. The van der Waals surface area contributed by atoms with Gasteiger partial charge in [-0.25, -0.2) is 9.13 Å². The van der Waals surface area contributed by atoms with Gasteiger partial charge in [-0.2, -0.15) is 4.31 Å². The van der Waals surface area contributed by atoms with Crippen molar-refractivity contribution in [2.45, 2.75) is 60.3 Å². The SMILES string of the molecule is CC(=CCOP(=O)(O)OP(=O)(O)O)CCC=C(C)CCC(C)=C(C)C. The molecule has 25 heavy (non-hydrogen) atoms. The van der Waals surface area contributed by atoms with Gasteiger partial charge < -0.3 is 14.7 Å². The Kier molecular flexibility index (Phi) is 11.0. The molecule has 0 heterocycles. The first-order valence-electron chi connectivity index (χ1n) is 8.01. The molecule has 0 saturated heterocycles. The number of phosphoric ester groups is 1. The van der Waals surface area contributed by atoms with E-state index in [1.54, 1.807) is 6.08 Å². The molecule has 0 aliphatic rings. The normalized spacial score (nSPS) is 15.8. The van der Waals surface area contributed by atoms with Crippen LogP contribution in [0.4, 0.5) is 0 Å². The molecule has 1 atom stereocenters. The molecule has 0 aromatic heterocycles. The van der Waals surface area contributed by atoms with Gasteiger partial charge in [-0.15, -0.1) is 0 Å². The van der Waals surface area contributed by atoms with Crippen LogP contribution in [0.5, 0.6) is 0 Å². The summed E-state index contributed by atoms with van der Waals surface area (Å²) in [6.45, 7) is 10.1. The molecule has 0 aromatic rings. The van der Waals surface area contributed by atoms with Crippen LogP contribution < -0.4 is 0 Å². The predicted molar refractivity (Wildman–Crippen MR) is 98.9 cm³/mol. The highest BCUT2D eigenvalue weighted by atomic mass is 31.3. The molecule has 3 N–H and O–H groups in total. The fourth-order valence-electron chi connectivity index (χ4n) is 1.82. The second-order valence-corrected chi connectivity index (χ2v) is 9.09. The van der Waals surface area contributed by atoms with Crippen LogP contribution in [-0.2, 0) is 18.0 Å². The van der Waals surface area contributed by atoms with E-state index in [0.29, 0.717) is 0 Å². The van der Waals surface area contributed by atoms with Crippen LogP contribution in [0.3, 0.4) is 0 Å². The zero-order chi connectivity index (χ0) is 19.7. The quantitative estimate of drug-likeness (QED) is 0.332. The molecule has 0 bridgehead atoms. The van der Waals surface area contributed by atoms with Gasteiger partial charge >= 0.3 is 15.6 Å². The monoisotopic (exact) mass is 396 g/mol. The van der Waals surface area contributed by atoms with Gasteiger partial charge in [0.1, 0.15) is 0 Å². The predicted octanol–water partition coefficient (Wildman–Crippen LogP) is 5.02. The van der Waals surface area contributed by atoms with Crippen LogP contribution in [0.2, 0.25) is 0 Å². The van der Waals surface area contributed by atoms with Gasteiger partial charge in [-0.3, -0.25) is 4.52 Å². The summed E-state index contributed by atoms with van der Waals surface area (Å²) in [5, 5.41) is 0. The molecule has 0 aromatic carbocycles. The van der Waals surface area contributed by atoms with Crippen LogP contribution in [0.25, 0.3) is 0 Å². The molecular weight excluding hydrogens is 366 g/mol. The minimum Gasteiger partial charge on any atom is -0.302 e. The maximum Gasteiger partial charge on any atom is 0.481 e. The van der Waals surface area contributed by atoms with Crippen LogP contribution in [0.15, 0.2) is 34.4 Å². The maximum atomic E-state index is 11.3. The summed E-state index contributed by atoms with van der Waals surface area (Å²) in [6, 6.07) is 0. The fraction of sp³-hybridized carbons (Fsp3) is 0.625. The summed E-state index contributed by atoms with van der Waals surface area (Å²) in [4.78, 5) is 26.1. The van der Waals surface area contributed by atoms with E-state index in [9.17, 15) is 9.13 Å². The lowest BCUT2D eigenvalue weighted by molar-refractivity contribution is 0.191. The Morgan fingerprint density at radius 2 is 1.44 bits per heavy atom. The average Bonchev–Trinajstić information content (AvgIpc) is 2.41. The molecule has 1 unspecified atom stereocenters. The molecule has 0 radical (unpaired) electrons. The number of phosphoric acid groups is 2. The standard InChI is InChI=1S/C16H30O7P2/c1-13(2)16(5)10-9-14(3)7-6-8-15(4)11-12-22-25(20,21)23-24(17,18)19/h7,11H,6,8-10,12H2,1-5H3,(H,20,21)(H2,17,18,19). The van der Waals surface area contributed by atoms with Crippen LogP contribution >= 0.6 is 15.6 Å². The second-order valence-electron chi connectivity index (χ2n) is 6.26. The molecule has 0 aliphatic heterocycles. The Labute approximate surface area is 150 Å². The minimum atomic E-state index is -5.07. The summed E-state index contributed by atoms with van der Waals surface area (Å²) < 4.78 is 30.0.